The zero-order valence-electron chi connectivity index (χ0n) is 17.7. The van der Waals surface area contributed by atoms with Crippen LogP contribution < -0.4 is 19.5 Å². The van der Waals surface area contributed by atoms with Crippen LogP contribution in [-0.4, -0.2) is 32.2 Å². The normalized spacial score (nSPS) is 10.7. The first kappa shape index (κ1) is 20.7. The molecule has 1 N–H and O–H groups in total. The maximum Gasteiger partial charge on any atom is 0.255 e. The van der Waals surface area contributed by atoms with Gasteiger partial charge in [0.05, 0.1) is 31.5 Å². The van der Waals surface area contributed by atoms with E-state index in [0.29, 0.717) is 22.8 Å². The number of rotatable bonds is 6. The lowest BCUT2D eigenvalue weighted by atomic mass is 10.1. The number of fused-ring (bicyclic) bond motifs is 1. The smallest absolute Gasteiger partial charge is 0.255 e. The van der Waals surface area contributed by atoms with Crippen LogP contribution in [0, 0.1) is 6.92 Å². The number of para-hydroxylation sites is 1. The molecule has 4 aromatic rings. The van der Waals surface area contributed by atoms with Gasteiger partial charge in [-0.3, -0.25) is 4.79 Å². The fourth-order valence-corrected chi connectivity index (χ4v) is 4.30. The topological polar surface area (TPSA) is 69.7 Å². The van der Waals surface area contributed by atoms with Crippen molar-refractivity contribution >= 4 is 33.1 Å². The molecule has 3 aromatic carbocycles. The molecular weight excluding hydrogens is 412 g/mol. The molecule has 7 heteroatoms. The molecule has 0 saturated heterocycles. The first-order valence-corrected chi connectivity index (χ1v) is 10.4. The first-order chi connectivity index (χ1) is 15.0. The second-order valence-electron chi connectivity index (χ2n) is 6.88. The van der Waals surface area contributed by atoms with Crippen LogP contribution in [0.2, 0.25) is 0 Å². The van der Waals surface area contributed by atoms with Gasteiger partial charge in [-0.2, -0.15) is 0 Å². The molecule has 1 amide bonds. The maximum absolute atomic E-state index is 12.9. The van der Waals surface area contributed by atoms with E-state index in [-0.39, 0.29) is 5.91 Å². The van der Waals surface area contributed by atoms with Crippen molar-refractivity contribution in [3.8, 4) is 27.8 Å². The van der Waals surface area contributed by atoms with Gasteiger partial charge in [-0.15, -0.1) is 11.3 Å². The van der Waals surface area contributed by atoms with E-state index < -0.39 is 0 Å². The maximum atomic E-state index is 12.9. The van der Waals surface area contributed by atoms with Gasteiger partial charge < -0.3 is 19.5 Å². The van der Waals surface area contributed by atoms with Gasteiger partial charge in [-0.25, -0.2) is 4.98 Å². The molecule has 6 nitrogen and oxygen atoms in total. The van der Waals surface area contributed by atoms with Crippen molar-refractivity contribution < 1.29 is 19.0 Å². The zero-order valence-corrected chi connectivity index (χ0v) is 18.5. The Morgan fingerprint density at radius 1 is 0.935 bits per heavy atom. The second kappa shape index (κ2) is 8.65. The number of anilines is 1. The highest BCUT2D eigenvalue weighted by Gasteiger charge is 2.18. The summed E-state index contributed by atoms with van der Waals surface area (Å²) >= 11 is 1.65. The Bertz CT molecular complexity index is 1210. The molecule has 0 spiro atoms. The molecule has 0 atom stereocenters. The summed E-state index contributed by atoms with van der Waals surface area (Å²) in [5.41, 5.74) is 4.08. The molecule has 1 aromatic heterocycles. The third kappa shape index (κ3) is 4.04. The third-order valence-electron chi connectivity index (χ3n) is 4.94. The monoisotopic (exact) mass is 434 g/mol. The number of ether oxygens (including phenoxy) is 3. The summed E-state index contributed by atoms with van der Waals surface area (Å²) in [5, 5.41) is 3.91. The molecule has 0 saturated carbocycles. The lowest BCUT2D eigenvalue weighted by Gasteiger charge is -2.15. The van der Waals surface area contributed by atoms with E-state index in [0.717, 1.165) is 32.0 Å². The summed E-state index contributed by atoms with van der Waals surface area (Å²) in [6, 6.07) is 17.2. The lowest BCUT2D eigenvalue weighted by Crippen LogP contribution is -2.13. The Hall–Kier alpha value is -3.58. The molecule has 0 aliphatic carbocycles. The van der Waals surface area contributed by atoms with Gasteiger partial charge in [-0.1, -0.05) is 12.1 Å². The molecule has 0 aliphatic rings. The molecular formula is C24H22N2O4S. The predicted molar refractivity (Wildman–Crippen MR) is 124 cm³/mol. The standard InChI is InChI=1S/C24H22N2O4S/c1-14-11-15(24-26-18-7-5-6-8-21(18)31-24)9-10-17(14)25-23(27)16-12-19(28-2)22(30-4)20(13-16)29-3/h5-13H,1-4H3,(H,25,27). The van der Waals surface area contributed by atoms with Crippen LogP contribution in [-0.2, 0) is 0 Å². The van der Waals surface area contributed by atoms with Gasteiger partial charge in [0.2, 0.25) is 5.75 Å². The van der Waals surface area contributed by atoms with Crippen molar-refractivity contribution in [3.63, 3.8) is 0 Å². The average molecular weight is 435 g/mol. The van der Waals surface area contributed by atoms with Gasteiger partial charge >= 0.3 is 0 Å². The molecule has 4 rings (SSSR count). The van der Waals surface area contributed by atoms with E-state index in [1.165, 1.54) is 21.3 Å². The number of thiazole rings is 1. The quantitative estimate of drug-likeness (QED) is 0.431. The van der Waals surface area contributed by atoms with Crippen molar-refractivity contribution in [3.05, 3.63) is 65.7 Å². The van der Waals surface area contributed by atoms with Crippen molar-refractivity contribution in [2.45, 2.75) is 6.92 Å². The van der Waals surface area contributed by atoms with E-state index in [2.05, 4.69) is 11.4 Å². The fourth-order valence-electron chi connectivity index (χ4n) is 3.34. The van der Waals surface area contributed by atoms with Crippen molar-refractivity contribution in [1.29, 1.82) is 0 Å². The number of hydrogen-bond acceptors (Lipinski definition) is 6. The van der Waals surface area contributed by atoms with Crippen LogP contribution in [0.3, 0.4) is 0 Å². The predicted octanol–water partition coefficient (Wildman–Crippen LogP) is 5.55. The summed E-state index contributed by atoms with van der Waals surface area (Å²) in [4.78, 5) is 17.6. The van der Waals surface area contributed by atoms with Crippen LogP contribution in [0.15, 0.2) is 54.6 Å². The molecule has 0 bridgehead atoms. The molecule has 31 heavy (non-hydrogen) atoms. The summed E-state index contributed by atoms with van der Waals surface area (Å²) in [6.07, 6.45) is 0. The highest BCUT2D eigenvalue weighted by Crippen LogP contribution is 2.38. The first-order valence-electron chi connectivity index (χ1n) is 9.62. The SMILES string of the molecule is COc1cc(C(=O)Nc2ccc(-c3nc4ccccc4s3)cc2C)cc(OC)c1OC. The average Bonchev–Trinajstić information content (AvgIpc) is 3.23. The Balaban J connectivity index is 1.60. The van der Waals surface area contributed by atoms with Crippen LogP contribution in [0.25, 0.3) is 20.8 Å². The van der Waals surface area contributed by atoms with E-state index in [1.54, 1.807) is 23.5 Å². The highest BCUT2D eigenvalue weighted by atomic mass is 32.1. The number of nitrogens with zero attached hydrogens (tertiary/aromatic N) is 1. The number of carbonyl (C=O) groups is 1. The third-order valence-corrected chi connectivity index (χ3v) is 6.03. The van der Waals surface area contributed by atoms with Crippen molar-refractivity contribution in [1.82, 2.24) is 4.98 Å². The van der Waals surface area contributed by atoms with Crippen LogP contribution >= 0.6 is 11.3 Å². The van der Waals surface area contributed by atoms with Crippen LogP contribution in [0.4, 0.5) is 5.69 Å². The lowest BCUT2D eigenvalue weighted by molar-refractivity contribution is 0.102. The Labute approximate surface area is 184 Å². The van der Waals surface area contributed by atoms with Gasteiger partial charge in [0.1, 0.15) is 5.01 Å². The Kier molecular flexibility index (Phi) is 5.77. The van der Waals surface area contributed by atoms with Gasteiger partial charge in [-0.05, 0) is 55.0 Å². The molecule has 0 aliphatic heterocycles. The highest BCUT2D eigenvalue weighted by molar-refractivity contribution is 7.21. The molecule has 0 unspecified atom stereocenters. The molecule has 0 fully saturated rings. The largest absolute Gasteiger partial charge is 0.493 e. The summed E-state index contributed by atoms with van der Waals surface area (Å²) < 4.78 is 17.2. The minimum Gasteiger partial charge on any atom is -0.493 e. The van der Waals surface area contributed by atoms with E-state index in [4.69, 9.17) is 19.2 Å². The van der Waals surface area contributed by atoms with E-state index in [1.807, 2.05) is 43.3 Å². The molecule has 158 valence electrons. The number of aromatic nitrogens is 1. The van der Waals surface area contributed by atoms with Crippen molar-refractivity contribution in [2.24, 2.45) is 0 Å². The van der Waals surface area contributed by atoms with E-state index >= 15 is 0 Å². The van der Waals surface area contributed by atoms with E-state index in [9.17, 15) is 4.79 Å². The number of aryl methyl sites for hydroxylation is 1. The zero-order chi connectivity index (χ0) is 22.0. The number of amides is 1. The van der Waals surface area contributed by atoms with Gasteiger partial charge in [0.15, 0.2) is 11.5 Å². The molecule has 0 radical (unpaired) electrons. The number of carbonyl (C=O) groups excluding carboxylic acids is 1. The molecule has 1 heterocycles. The minimum atomic E-state index is -0.268. The fraction of sp³-hybridized carbons (Fsp3) is 0.167. The van der Waals surface area contributed by atoms with Gasteiger partial charge in [0, 0.05) is 16.8 Å². The number of methoxy groups -OCH3 is 3. The summed E-state index contributed by atoms with van der Waals surface area (Å²) in [7, 11) is 4.56. The number of nitrogens with one attached hydrogen (secondary N) is 1. The van der Waals surface area contributed by atoms with Gasteiger partial charge in [0.25, 0.3) is 5.91 Å². The van der Waals surface area contributed by atoms with Crippen LogP contribution in [0.1, 0.15) is 15.9 Å². The second-order valence-corrected chi connectivity index (χ2v) is 7.92. The Morgan fingerprint density at radius 3 is 2.26 bits per heavy atom. The van der Waals surface area contributed by atoms with Crippen LogP contribution in [0.5, 0.6) is 17.2 Å². The summed E-state index contributed by atoms with van der Waals surface area (Å²) in [6.45, 7) is 1.96. The number of benzene rings is 3. The number of hydrogen-bond donors (Lipinski definition) is 1. The summed E-state index contributed by atoms with van der Waals surface area (Å²) in [5.74, 6) is 1.03. The minimum absolute atomic E-state index is 0.268. The Morgan fingerprint density at radius 2 is 1.65 bits per heavy atom. The van der Waals surface area contributed by atoms with Crippen molar-refractivity contribution in [2.75, 3.05) is 26.6 Å².